The molecule has 0 saturated heterocycles. The molecular weight excluding hydrogens is 857 g/mol. The van der Waals surface area contributed by atoms with Crippen LogP contribution in [0.4, 0.5) is 0 Å². The first-order chi connectivity index (χ1) is 31.8. The molecule has 0 bridgehead atoms. The van der Waals surface area contributed by atoms with Crippen molar-refractivity contribution in [1.82, 2.24) is 21.3 Å². The molecule has 0 aromatic heterocycles. The summed E-state index contributed by atoms with van der Waals surface area (Å²) >= 11 is 0. The zero-order valence-electron chi connectivity index (χ0n) is 41.7. The number of hydrogen-bond donors (Lipinski definition) is 12. The number of nitrogens with two attached hydrogens (primary N) is 8. The zero-order valence-corrected chi connectivity index (χ0v) is 41.7. The third kappa shape index (κ3) is 30.6. The van der Waals surface area contributed by atoms with Crippen LogP contribution < -0.4 is 67.1 Å². The lowest BCUT2D eigenvalue weighted by molar-refractivity contribution is -0.134. The second-order valence-electron chi connectivity index (χ2n) is 19.3. The minimum absolute atomic E-state index is 0.00261. The van der Waals surface area contributed by atoms with E-state index < -0.39 is 65.4 Å². The van der Waals surface area contributed by atoms with E-state index in [2.05, 4.69) is 21.3 Å². The Morgan fingerprint density at radius 2 is 0.701 bits per heavy atom. The monoisotopic (exact) mass is 953 g/mol. The van der Waals surface area contributed by atoms with Gasteiger partial charge in [-0.3, -0.25) is 33.6 Å². The molecule has 0 aliphatic heterocycles. The van der Waals surface area contributed by atoms with Crippen LogP contribution in [0.1, 0.15) is 181 Å². The fourth-order valence-electron chi connectivity index (χ4n) is 7.61. The standard InChI is InChI=1S/C48H96N12O7/c1-48(2,3)43(63)38(58-47(67)40(60-45(65)37(56)23-13-18-32-52)26-7-5-9-28-42(62)35(54)21-11-16-30-50)24-14-19-33-57-46(66)39(59-44(64)36(55)22-12-17-31-51)25-6-4-8-27-41(61)34(53)20-10-15-29-49/h34-40H,4-33,49-56H2,1-3H3,(H,57,66)(H,58,67)(H,59,64)(H,60,65). The predicted molar refractivity (Wildman–Crippen MR) is 267 cm³/mol. The molecule has 4 amide bonds. The smallest absolute Gasteiger partial charge is 0.243 e. The fraction of sp³-hybridized carbons (Fsp3) is 0.854. The van der Waals surface area contributed by atoms with Gasteiger partial charge >= 0.3 is 0 Å². The summed E-state index contributed by atoms with van der Waals surface area (Å²) in [6, 6.07) is -5.37. The van der Waals surface area contributed by atoms with Crippen LogP contribution >= 0.6 is 0 Å². The van der Waals surface area contributed by atoms with Gasteiger partial charge in [0.25, 0.3) is 0 Å². The topological polar surface area (TPSA) is 376 Å². The normalized spacial score (nSPS) is 14.8. The van der Waals surface area contributed by atoms with Gasteiger partial charge in [0.2, 0.25) is 23.6 Å². The Kier molecular flexibility index (Phi) is 36.5. The van der Waals surface area contributed by atoms with Gasteiger partial charge in [0.1, 0.15) is 23.7 Å². The highest BCUT2D eigenvalue weighted by molar-refractivity contribution is 5.95. The van der Waals surface area contributed by atoms with E-state index in [1.165, 1.54) is 0 Å². The molecular formula is C48H96N12O7. The lowest BCUT2D eigenvalue weighted by atomic mass is 9.84. The van der Waals surface area contributed by atoms with Crippen molar-refractivity contribution in [1.29, 1.82) is 0 Å². The first-order valence-corrected chi connectivity index (χ1v) is 25.5. The molecule has 0 aromatic rings. The second kappa shape index (κ2) is 38.4. The van der Waals surface area contributed by atoms with Crippen LogP contribution in [0.3, 0.4) is 0 Å². The van der Waals surface area contributed by atoms with E-state index >= 15 is 0 Å². The highest BCUT2D eigenvalue weighted by atomic mass is 16.2. The van der Waals surface area contributed by atoms with Crippen LogP contribution in [0.5, 0.6) is 0 Å². The number of amides is 4. The molecule has 0 spiro atoms. The number of rotatable bonds is 43. The maximum absolute atomic E-state index is 13.9. The Bertz CT molecular complexity index is 1420. The van der Waals surface area contributed by atoms with Crippen LogP contribution in [-0.4, -0.2) is 116 Å². The van der Waals surface area contributed by atoms with Crippen molar-refractivity contribution in [3.8, 4) is 0 Å². The van der Waals surface area contributed by atoms with Gasteiger partial charge in [0.15, 0.2) is 5.78 Å². The molecule has 0 aliphatic rings. The van der Waals surface area contributed by atoms with Gasteiger partial charge in [-0.1, -0.05) is 72.1 Å². The minimum Gasteiger partial charge on any atom is -0.354 e. The van der Waals surface area contributed by atoms with E-state index in [9.17, 15) is 33.6 Å². The van der Waals surface area contributed by atoms with Crippen molar-refractivity contribution in [2.24, 2.45) is 51.3 Å². The van der Waals surface area contributed by atoms with Crippen molar-refractivity contribution in [2.75, 3.05) is 32.7 Å². The minimum atomic E-state index is -0.970. The van der Waals surface area contributed by atoms with Crippen LogP contribution in [0.2, 0.25) is 0 Å². The third-order valence-electron chi connectivity index (χ3n) is 12.1. The predicted octanol–water partition coefficient (Wildman–Crippen LogP) is 1.21. The first kappa shape index (κ1) is 63.6. The lowest BCUT2D eigenvalue weighted by Crippen LogP contribution is -2.55. The highest BCUT2D eigenvalue weighted by Gasteiger charge is 2.33. The molecule has 0 aliphatic carbocycles. The summed E-state index contributed by atoms with van der Waals surface area (Å²) in [5, 5.41) is 11.5. The number of unbranched alkanes of at least 4 members (excludes halogenated alkanes) is 9. The number of ketones is 3. The molecule has 20 N–H and O–H groups in total. The van der Waals surface area contributed by atoms with E-state index in [4.69, 9.17) is 45.9 Å². The van der Waals surface area contributed by atoms with E-state index in [0.29, 0.717) is 142 Å². The molecule has 0 aromatic carbocycles. The van der Waals surface area contributed by atoms with Crippen LogP contribution in [0, 0.1) is 5.41 Å². The number of nitrogens with one attached hydrogen (secondary N) is 4. The van der Waals surface area contributed by atoms with Gasteiger partial charge in [0, 0.05) is 24.8 Å². The number of hydrogen-bond acceptors (Lipinski definition) is 15. The molecule has 0 fully saturated rings. The average Bonchev–Trinajstić information content (AvgIpc) is 3.28. The SMILES string of the molecule is CC(C)(C)C(=O)C(CCCCNC(=O)C(CCCCCC(=O)C(N)CCCCN)NC(=O)C(N)CCCCN)NC(=O)C(CCCCCC(=O)C(N)CCCCN)NC(=O)C(N)CCCCN. The van der Waals surface area contributed by atoms with Crippen molar-refractivity contribution in [2.45, 2.75) is 224 Å². The molecule has 0 saturated carbocycles. The molecule has 19 heteroatoms. The van der Waals surface area contributed by atoms with Crippen LogP contribution in [0.25, 0.3) is 0 Å². The molecule has 390 valence electrons. The summed E-state index contributed by atoms with van der Waals surface area (Å²) in [5.74, 6) is -1.98. The molecule has 19 nitrogen and oxygen atoms in total. The Morgan fingerprint density at radius 1 is 0.373 bits per heavy atom. The van der Waals surface area contributed by atoms with Crippen molar-refractivity contribution in [3.63, 3.8) is 0 Å². The molecule has 0 heterocycles. The Hall–Kier alpha value is -3.43. The molecule has 0 rings (SSSR count). The Labute approximate surface area is 402 Å². The first-order valence-electron chi connectivity index (χ1n) is 25.5. The van der Waals surface area contributed by atoms with Gasteiger partial charge in [-0.2, -0.15) is 0 Å². The number of carbonyl (C=O) groups excluding carboxylic acids is 7. The molecule has 67 heavy (non-hydrogen) atoms. The Balaban J connectivity index is 5.69. The van der Waals surface area contributed by atoms with Gasteiger partial charge < -0.3 is 67.1 Å². The Morgan fingerprint density at radius 3 is 1.09 bits per heavy atom. The van der Waals surface area contributed by atoms with Crippen LogP contribution in [0.15, 0.2) is 0 Å². The van der Waals surface area contributed by atoms with Crippen molar-refractivity contribution < 1.29 is 33.6 Å². The summed E-state index contributed by atoms with van der Waals surface area (Å²) in [5.41, 5.74) is 46.0. The second-order valence-corrected chi connectivity index (χ2v) is 19.3. The summed E-state index contributed by atoms with van der Waals surface area (Å²) in [6.07, 6.45) is 14.1. The number of Topliss-reactive ketones (excluding diaryl/α,β-unsaturated/α-hetero) is 3. The van der Waals surface area contributed by atoms with Crippen molar-refractivity contribution in [3.05, 3.63) is 0 Å². The van der Waals surface area contributed by atoms with Crippen molar-refractivity contribution >= 4 is 41.0 Å². The molecule has 7 unspecified atom stereocenters. The van der Waals surface area contributed by atoms with Crippen LogP contribution in [-0.2, 0) is 33.6 Å². The quantitative estimate of drug-likeness (QED) is 0.0382. The number of carbonyl (C=O) groups is 7. The third-order valence-corrected chi connectivity index (χ3v) is 12.1. The summed E-state index contributed by atoms with van der Waals surface area (Å²) < 4.78 is 0. The fourth-order valence-corrected chi connectivity index (χ4v) is 7.61. The summed E-state index contributed by atoms with van der Waals surface area (Å²) in [7, 11) is 0. The largest absolute Gasteiger partial charge is 0.354 e. The zero-order chi connectivity index (χ0) is 50.6. The molecule has 0 radical (unpaired) electrons. The van der Waals surface area contributed by atoms with E-state index in [-0.39, 0.29) is 42.6 Å². The summed E-state index contributed by atoms with van der Waals surface area (Å²) in [6.45, 7) is 7.63. The summed E-state index contributed by atoms with van der Waals surface area (Å²) in [4.78, 5) is 92.5. The maximum atomic E-state index is 13.9. The molecule has 7 atom stereocenters. The highest BCUT2D eigenvalue weighted by Crippen LogP contribution is 2.20. The van der Waals surface area contributed by atoms with E-state index in [1.54, 1.807) is 20.8 Å². The van der Waals surface area contributed by atoms with Gasteiger partial charge in [-0.05, 0) is 122 Å². The van der Waals surface area contributed by atoms with E-state index in [0.717, 1.165) is 32.1 Å². The average molecular weight is 953 g/mol. The lowest BCUT2D eigenvalue weighted by Gasteiger charge is -2.28. The maximum Gasteiger partial charge on any atom is 0.243 e. The van der Waals surface area contributed by atoms with Gasteiger partial charge in [-0.15, -0.1) is 0 Å². The van der Waals surface area contributed by atoms with Gasteiger partial charge in [-0.25, -0.2) is 0 Å². The van der Waals surface area contributed by atoms with E-state index in [1.807, 2.05) is 0 Å². The van der Waals surface area contributed by atoms with Gasteiger partial charge in [0.05, 0.1) is 30.2 Å².